The van der Waals surface area contributed by atoms with Gasteiger partial charge in [0, 0.05) is 37.3 Å². The Hall–Kier alpha value is -4.13. The third kappa shape index (κ3) is 4.82. The average molecular weight is 484 g/mol. The van der Waals surface area contributed by atoms with Crippen LogP contribution in [0.5, 0.6) is 0 Å². The van der Waals surface area contributed by atoms with Crippen LogP contribution in [0.4, 0.5) is 17.1 Å². The number of hydrazone groups is 1. The summed E-state index contributed by atoms with van der Waals surface area (Å²) < 4.78 is 0. The van der Waals surface area contributed by atoms with Gasteiger partial charge in [0.15, 0.2) is 0 Å². The normalized spacial score (nSPS) is 17.9. The van der Waals surface area contributed by atoms with Crippen LogP contribution in [0.25, 0.3) is 0 Å². The molecule has 2 N–H and O–H groups in total. The zero-order chi connectivity index (χ0) is 25.7. The molecule has 2 atom stereocenters. The molecule has 7 heteroatoms. The number of nitrogens with one attached hydrogen (secondary N) is 2. The molecule has 0 spiro atoms. The third-order valence-electron chi connectivity index (χ3n) is 6.51. The molecule has 0 saturated heterocycles. The minimum absolute atomic E-state index is 0.252. The minimum Gasteiger partial charge on any atom is -0.372 e. The van der Waals surface area contributed by atoms with Gasteiger partial charge in [-0.15, -0.1) is 0 Å². The van der Waals surface area contributed by atoms with Crippen molar-refractivity contribution >= 4 is 34.6 Å². The molecular formula is C29H33N5O2. The van der Waals surface area contributed by atoms with Gasteiger partial charge in [0.2, 0.25) is 11.6 Å². The van der Waals surface area contributed by atoms with Gasteiger partial charge in [-0.25, -0.2) is 0 Å². The maximum Gasteiger partial charge on any atom is 0.300 e. The Morgan fingerprint density at radius 1 is 0.944 bits per heavy atom. The molecule has 186 valence electrons. The van der Waals surface area contributed by atoms with Gasteiger partial charge >= 0.3 is 0 Å². The van der Waals surface area contributed by atoms with Crippen LogP contribution in [0.3, 0.4) is 0 Å². The summed E-state index contributed by atoms with van der Waals surface area (Å²) in [7, 11) is 0. The number of rotatable bonds is 9. The van der Waals surface area contributed by atoms with Crippen molar-refractivity contribution in [3.63, 3.8) is 0 Å². The molecule has 1 aliphatic heterocycles. The molecule has 1 heterocycles. The Balaban J connectivity index is 1.80. The first-order valence-electron chi connectivity index (χ1n) is 12.3. The maximum atomic E-state index is 14.1. The van der Waals surface area contributed by atoms with Crippen molar-refractivity contribution in [3.05, 3.63) is 90.5 Å². The lowest BCUT2D eigenvalue weighted by Gasteiger charge is -2.34. The first kappa shape index (κ1) is 25.0. The molecule has 4 rings (SSSR count). The van der Waals surface area contributed by atoms with Crippen LogP contribution in [-0.2, 0) is 9.59 Å². The molecule has 0 saturated carbocycles. The highest BCUT2D eigenvalue weighted by molar-refractivity contribution is 6.27. The quantitative estimate of drug-likeness (QED) is 0.421. The summed E-state index contributed by atoms with van der Waals surface area (Å²) in [5, 5.41) is 12.5. The zero-order valence-electron chi connectivity index (χ0n) is 21.2. The van der Waals surface area contributed by atoms with Crippen molar-refractivity contribution in [3.8, 4) is 0 Å². The van der Waals surface area contributed by atoms with Crippen molar-refractivity contribution < 1.29 is 9.59 Å². The highest BCUT2D eigenvalue weighted by atomic mass is 16.2. The molecule has 2 unspecified atom stereocenters. The molecule has 3 aromatic carbocycles. The van der Waals surface area contributed by atoms with Crippen molar-refractivity contribution in [1.29, 1.82) is 0 Å². The number of nitrogens with zero attached hydrogens (tertiary/aromatic N) is 3. The predicted molar refractivity (Wildman–Crippen MR) is 146 cm³/mol. The standard InChI is InChI=1S/C29H33N5O2/c1-5-33(6-2)25-19-17-24(18-20-25)31-29(30-22(4)35)27(21(3)23-13-9-7-10-14-23)32-34(28(29)36)26-15-11-8-12-16-26/h7-21,31H,5-6H2,1-4H3,(H,30,35). The molecule has 0 aromatic heterocycles. The molecule has 3 aromatic rings. The number of benzene rings is 3. The molecule has 1 aliphatic rings. The van der Waals surface area contributed by atoms with Crippen LogP contribution in [0.1, 0.15) is 39.2 Å². The number of hydrogen-bond donors (Lipinski definition) is 2. The maximum absolute atomic E-state index is 14.1. The van der Waals surface area contributed by atoms with E-state index in [0.29, 0.717) is 17.1 Å². The van der Waals surface area contributed by atoms with Gasteiger partial charge < -0.3 is 15.5 Å². The van der Waals surface area contributed by atoms with Crippen LogP contribution in [-0.4, -0.2) is 36.3 Å². The van der Waals surface area contributed by atoms with Crippen LogP contribution in [0, 0.1) is 0 Å². The van der Waals surface area contributed by atoms with E-state index >= 15 is 0 Å². The van der Waals surface area contributed by atoms with Gasteiger partial charge in [0.05, 0.1) is 5.69 Å². The van der Waals surface area contributed by atoms with Gasteiger partial charge in [-0.3, -0.25) is 9.59 Å². The Labute approximate surface area is 212 Å². The number of anilines is 3. The fourth-order valence-corrected chi connectivity index (χ4v) is 4.64. The van der Waals surface area contributed by atoms with E-state index in [1.54, 1.807) is 0 Å². The van der Waals surface area contributed by atoms with Gasteiger partial charge in [0.1, 0.15) is 5.71 Å². The van der Waals surface area contributed by atoms with E-state index < -0.39 is 5.66 Å². The van der Waals surface area contributed by atoms with Crippen LogP contribution < -0.4 is 20.5 Å². The molecule has 0 aliphatic carbocycles. The molecular weight excluding hydrogens is 450 g/mol. The molecule has 2 amide bonds. The van der Waals surface area contributed by atoms with Gasteiger partial charge in [-0.05, 0) is 55.8 Å². The Bertz CT molecular complexity index is 1220. The summed E-state index contributed by atoms with van der Waals surface area (Å²) in [4.78, 5) is 28.9. The largest absolute Gasteiger partial charge is 0.372 e. The number of amides is 2. The van der Waals surface area contributed by atoms with E-state index in [2.05, 4.69) is 29.4 Å². The summed E-state index contributed by atoms with van der Waals surface area (Å²) in [5.74, 6) is -0.953. The van der Waals surface area contributed by atoms with Crippen molar-refractivity contribution in [2.24, 2.45) is 5.10 Å². The number of hydrogen-bond acceptors (Lipinski definition) is 5. The molecule has 0 fully saturated rings. The van der Waals surface area contributed by atoms with Crippen LogP contribution in [0.2, 0.25) is 0 Å². The fourth-order valence-electron chi connectivity index (χ4n) is 4.64. The van der Waals surface area contributed by atoms with E-state index in [4.69, 9.17) is 5.10 Å². The number of carbonyl (C=O) groups is 2. The summed E-state index contributed by atoms with van der Waals surface area (Å²) >= 11 is 0. The minimum atomic E-state index is -1.55. The second-order valence-corrected chi connectivity index (χ2v) is 8.85. The summed E-state index contributed by atoms with van der Waals surface area (Å²) in [6, 6.07) is 27.0. The van der Waals surface area contributed by atoms with E-state index in [-0.39, 0.29) is 17.7 Å². The Morgan fingerprint density at radius 2 is 1.53 bits per heavy atom. The van der Waals surface area contributed by atoms with E-state index in [9.17, 15) is 9.59 Å². The molecule has 0 bridgehead atoms. The first-order valence-corrected chi connectivity index (χ1v) is 12.3. The van der Waals surface area contributed by atoms with Crippen LogP contribution >= 0.6 is 0 Å². The van der Waals surface area contributed by atoms with E-state index in [1.807, 2.05) is 91.9 Å². The first-order chi connectivity index (χ1) is 17.4. The summed E-state index contributed by atoms with van der Waals surface area (Å²) in [6.07, 6.45) is 0. The smallest absolute Gasteiger partial charge is 0.300 e. The number of carbonyl (C=O) groups excluding carboxylic acids is 2. The Morgan fingerprint density at radius 3 is 2.08 bits per heavy atom. The SMILES string of the molecule is CCN(CC)c1ccc(NC2(NC(C)=O)C(=O)N(c3ccccc3)N=C2C(C)c2ccccc2)cc1. The van der Waals surface area contributed by atoms with Gasteiger partial charge in [-0.1, -0.05) is 55.5 Å². The topological polar surface area (TPSA) is 77.0 Å². The number of para-hydroxylation sites is 1. The van der Waals surface area contributed by atoms with Crippen LogP contribution in [0.15, 0.2) is 90.0 Å². The average Bonchev–Trinajstić information content (AvgIpc) is 3.17. The van der Waals surface area contributed by atoms with Gasteiger partial charge in [0.25, 0.3) is 5.91 Å². The molecule has 0 radical (unpaired) electrons. The highest BCUT2D eigenvalue weighted by Gasteiger charge is 2.54. The predicted octanol–water partition coefficient (Wildman–Crippen LogP) is 4.98. The van der Waals surface area contributed by atoms with E-state index in [0.717, 1.165) is 24.3 Å². The summed E-state index contributed by atoms with van der Waals surface area (Å²) in [6.45, 7) is 9.44. The molecule has 7 nitrogen and oxygen atoms in total. The van der Waals surface area contributed by atoms with Crippen molar-refractivity contribution in [2.45, 2.75) is 39.3 Å². The third-order valence-corrected chi connectivity index (χ3v) is 6.51. The van der Waals surface area contributed by atoms with Crippen molar-refractivity contribution in [1.82, 2.24) is 5.32 Å². The fraction of sp³-hybridized carbons (Fsp3) is 0.276. The lowest BCUT2D eigenvalue weighted by Crippen LogP contribution is -2.65. The van der Waals surface area contributed by atoms with E-state index in [1.165, 1.54) is 11.9 Å². The van der Waals surface area contributed by atoms with Gasteiger partial charge in [-0.2, -0.15) is 10.1 Å². The lowest BCUT2D eigenvalue weighted by molar-refractivity contribution is -0.127. The zero-order valence-corrected chi connectivity index (χ0v) is 21.2. The lowest BCUT2D eigenvalue weighted by atomic mass is 9.87. The Kier molecular flexibility index (Phi) is 7.38. The second-order valence-electron chi connectivity index (χ2n) is 8.85. The molecule has 36 heavy (non-hydrogen) atoms. The summed E-state index contributed by atoms with van der Waals surface area (Å²) in [5.41, 5.74) is 2.39. The second kappa shape index (κ2) is 10.6. The van der Waals surface area contributed by atoms with Crippen molar-refractivity contribution in [2.75, 3.05) is 28.3 Å². The highest BCUT2D eigenvalue weighted by Crippen LogP contribution is 2.34. The monoisotopic (exact) mass is 483 g/mol.